The van der Waals surface area contributed by atoms with Crippen LogP contribution in [0, 0.1) is 5.82 Å². The smallest absolute Gasteiger partial charge is 0.183 e. The summed E-state index contributed by atoms with van der Waals surface area (Å²) in [6.07, 6.45) is 1.47. The van der Waals surface area contributed by atoms with Gasteiger partial charge in [0.05, 0.1) is 6.54 Å². The fraction of sp³-hybridized carbons (Fsp3) is 0.111. The highest BCUT2D eigenvalue weighted by molar-refractivity contribution is 7.98. The number of hydrogen-bond donors (Lipinski definition) is 0. The molecule has 2 heterocycles. The van der Waals surface area contributed by atoms with Crippen LogP contribution < -0.4 is 0 Å². The Labute approximate surface area is 158 Å². The van der Waals surface area contributed by atoms with Crippen LogP contribution in [0.4, 0.5) is 4.39 Å². The zero-order valence-corrected chi connectivity index (χ0v) is 15.1. The van der Waals surface area contributed by atoms with E-state index in [-0.39, 0.29) is 12.4 Å². The lowest BCUT2D eigenvalue weighted by molar-refractivity contribution is 0.582. The lowest BCUT2D eigenvalue weighted by Crippen LogP contribution is -2.04. The zero-order chi connectivity index (χ0) is 17.9. The van der Waals surface area contributed by atoms with Gasteiger partial charge in [0.25, 0.3) is 0 Å². The molecule has 0 bridgehead atoms. The van der Waals surface area contributed by atoms with Gasteiger partial charge in [0.2, 0.25) is 0 Å². The van der Waals surface area contributed by atoms with Crippen LogP contribution in [0.15, 0.2) is 59.9 Å². The van der Waals surface area contributed by atoms with Gasteiger partial charge in [0.1, 0.15) is 17.2 Å². The molecule has 8 heteroatoms. The molecular weight excluding hydrogens is 373 g/mol. The number of aromatic nitrogens is 5. The van der Waals surface area contributed by atoms with E-state index >= 15 is 0 Å². The standard InChI is InChI=1S/C18H13ClFN5S/c19-14-7-3-1-6-13(14)10-26-18-16-17(21-11-22-18)25(24-23-16)9-12-5-2-4-8-15(12)20/h1-8,11H,9-10H2. The van der Waals surface area contributed by atoms with Gasteiger partial charge in [-0.25, -0.2) is 19.0 Å². The molecule has 0 fully saturated rings. The predicted molar refractivity (Wildman–Crippen MR) is 99.6 cm³/mol. The molecule has 0 aliphatic heterocycles. The third-order valence-electron chi connectivity index (χ3n) is 3.87. The van der Waals surface area contributed by atoms with Gasteiger partial charge in [-0.3, -0.25) is 0 Å². The molecule has 4 rings (SSSR count). The quantitative estimate of drug-likeness (QED) is 0.377. The van der Waals surface area contributed by atoms with Crippen molar-refractivity contribution in [3.8, 4) is 0 Å². The summed E-state index contributed by atoms with van der Waals surface area (Å²) in [7, 11) is 0. The molecule has 4 aromatic rings. The molecule has 0 aliphatic rings. The zero-order valence-electron chi connectivity index (χ0n) is 13.5. The van der Waals surface area contributed by atoms with Crippen LogP contribution in [0.25, 0.3) is 11.2 Å². The second-order valence-corrected chi connectivity index (χ2v) is 6.94. The molecule has 130 valence electrons. The third kappa shape index (κ3) is 3.40. The van der Waals surface area contributed by atoms with Gasteiger partial charge in [-0.15, -0.1) is 5.10 Å². The van der Waals surface area contributed by atoms with Crippen LogP contribution in [0.3, 0.4) is 0 Å². The van der Waals surface area contributed by atoms with Crippen LogP contribution in [0.2, 0.25) is 5.02 Å². The van der Waals surface area contributed by atoms with Crippen LogP contribution >= 0.6 is 23.4 Å². The Morgan fingerprint density at radius 3 is 2.58 bits per heavy atom. The van der Waals surface area contributed by atoms with E-state index in [1.54, 1.807) is 22.9 Å². The largest absolute Gasteiger partial charge is 0.227 e. The molecule has 0 amide bonds. The van der Waals surface area contributed by atoms with Gasteiger partial charge >= 0.3 is 0 Å². The highest BCUT2D eigenvalue weighted by Gasteiger charge is 2.14. The van der Waals surface area contributed by atoms with E-state index in [4.69, 9.17) is 11.6 Å². The van der Waals surface area contributed by atoms with Crippen molar-refractivity contribution < 1.29 is 4.39 Å². The minimum Gasteiger partial charge on any atom is -0.227 e. The number of benzene rings is 2. The highest BCUT2D eigenvalue weighted by atomic mass is 35.5. The van der Waals surface area contributed by atoms with Crippen LogP contribution in [0.5, 0.6) is 0 Å². The molecule has 0 saturated carbocycles. The minimum absolute atomic E-state index is 0.259. The molecule has 2 aromatic heterocycles. The Balaban J connectivity index is 1.61. The summed E-state index contributed by atoms with van der Waals surface area (Å²) < 4.78 is 15.5. The second kappa shape index (κ2) is 7.39. The van der Waals surface area contributed by atoms with Gasteiger partial charge in [-0.1, -0.05) is 65.0 Å². The van der Waals surface area contributed by atoms with Gasteiger partial charge in [0, 0.05) is 16.3 Å². The Morgan fingerprint density at radius 2 is 1.77 bits per heavy atom. The molecular formula is C18H13ClFN5S. The number of nitrogens with zero attached hydrogens (tertiary/aromatic N) is 5. The SMILES string of the molecule is Fc1ccccc1Cn1nnc2c(SCc3ccccc3Cl)ncnc21. The van der Waals surface area contributed by atoms with E-state index in [2.05, 4.69) is 20.3 Å². The van der Waals surface area contributed by atoms with Crippen molar-refractivity contribution in [1.82, 2.24) is 25.0 Å². The second-order valence-electron chi connectivity index (χ2n) is 5.57. The van der Waals surface area contributed by atoms with Gasteiger partial charge in [0.15, 0.2) is 11.2 Å². The summed E-state index contributed by atoms with van der Waals surface area (Å²) in [6.45, 7) is 0.259. The number of halogens is 2. The van der Waals surface area contributed by atoms with E-state index in [9.17, 15) is 4.39 Å². The number of thioether (sulfide) groups is 1. The van der Waals surface area contributed by atoms with Crippen molar-refractivity contribution in [2.75, 3.05) is 0 Å². The monoisotopic (exact) mass is 385 g/mol. The molecule has 0 unspecified atom stereocenters. The Hall–Kier alpha value is -2.51. The van der Waals surface area contributed by atoms with E-state index in [1.807, 2.05) is 24.3 Å². The Kier molecular flexibility index (Phi) is 4.81. The van der Waals surface area contributed by atoms with Crippen LogP contribution in [-0.2, 0) is 12.3 Å². The number of fused-ring (bicyclic) bond motifs is 1. The summed E-state index contributed by atoms with van der Waals surface area (Å²) in [5.74, 6) is 0.380. The predicted octanol–water partition coefficient (Wildman–Crippen LogP) is 4.35. The topological polar surface area (TPSA) is 56.5 Å². The molecule has 26 heavy (non-hydrogen) atoms. The van der Waals surface area contributed by atoms with E-state index in [1.165, 1.54) is 24.2 Å². The minimum atomic E-state index is -0.279. The molecule has 0 saturated heterocycles. The molecule has 0 spiro atoms. The Morgan fingerprint density at radius 1 is 1.00 bits per heavy atom. The van der Waals surface area contributed by atoms with Crippen molar-refractivity contribution in [2.24, 2.45) is 0 Å². The molecule has 0 aliphatic carbocycles. The third-order valence-corrected chi connectivity index (χ3v) is 5.26. The number of rotatable bonds is 5. The molecule has 0 N–H and O–H groups in total. The van der Waals surface area contributed by atoms with Crippen molar-refractivity contribution in [3.05, 3.63) is 76.8 Å². The normalized spacial score (nSPS) is 11.2. The first-order chi connectivity index (χ1) is 12.7. The fourth-order valence-electron chi connectivity index (χ4n) is 2.53. The fourth-order valence-corrected chi connectivity index (χ4v) is 3.75. The Bertz CT molecular complexity index is 1070. The molecule has 0 radical (unpaired) electrons. The first kappa shape index (κ1) is 16.9. The van der Waals surface area contributed by atoms with Gasteiger partial charge in [-0.2, -0.15) is 0 Å². The highest BCUT2D eigenvalue weighted by Crippen LogP contribution is 2.28. The summed E-state index contributed by atoms with van der Waals surface area (Å²) >= 11 is 7.72. The summed E-state index contributed by atoms with van der Waals surface area (Å²) in [6, 6.07) is 14.3. The molecule has 0 atom stereocenters. The van der Waals surface area contributed by atoms with E-state index < -0.39 is 0 Å². The maximum absolute atomic E-state index is 13.9. The first-order valence-electron chi connectivity index (χ1n) is 7.86. The van der Waals surface area contributed by atoms with Crippen molar-refractivity contribution in [2.45, 2.75) is 17.3 Å². The van der Waals surface area contributed by atoms with E-state index in [0.29, 0.717) is 27.5 Å². The maximum atomic E-state index is 13.9. The average molecular weight is 386 g/mol. The lowest BCUT2D eigenvalue weighted by Gasteiger charge is -2.05. The number of hydrogen-bond acceptors (Lipinski definition) is 5. The van der Waals surface area contributed by atoms with Crippen molar-refractivity contribution >= 4 is 34.5 Å². The summed E-state index contributed by atoms with van der Waals surface area (Å²) in [4.78, 5) is 8.57. The van der Waals surface area contributed by atoms with Crippen molar-refractivity contribution in [1.29, 1.82) is 0 Å². The lowest BCUT2D eigenvalue weighted by atomic mass is 10.2. The summed E-state index contributed by atoms with van der Waals surface area (Å²) in [5, 5.41) is 9.75. The van der Waals surface area contributed by atoms with Gasteiger partial charge in [-0.05, 0) is 17.7 Å². The first-order valence-corrected chi connectivity index (χ1v) is 9.22. The average Bonchev–Trinajstić information content (AvgIpc) is 3.07. The van der Waals surface area contributed by atoms with Gasteiger partial charge < -0.3 is 0 Å². The maximum Gasteiger partial charge on any atom is 0.183 e. The molecule has 5 nitrogen and oxygen atoms in total. The van der Waals surface area contributed by atoms with Crippen LogP contribution in [-0.4, -0.2) is 25.0 Å². The van der Waals surface area contributed by atoms with Crippen LogP contribution in [0.1, 0.15) is 11.1 Å². The van der Waals surface area contributed by atoms with E-state index in [0.717, 1.165) is 10.6 Å². The molecule has 2 aromatic carbocycles. The summed E-state index contributed by atoms with van der Waals surface area (Å²) in [5.41, 5.74) is 2.72. The van der Waals surface area contributed by atoms with Crippen molar-refractivity contribution in [3.63, 3.8) is 0 Å².